The van der Waals surface area contributed by atoms with E-state index in [1.807, 2.05) is 17.8 Å². The number of aromatic nitrogens is 2. The summed E-state index contributed by atoms with van der Waals surface area (Å²) in [4.78, 5) is 0. The summed E-state index contributed by atoms with van der Waals surface area (Å²) in [6.07, 6.45) is 1.96. The standard InChI is InChI=1S/C14H21N3/c1-10(2)12(15)8-9-13-11-6-4-5-7-14(11)17(3)16-13/h4-7,10,12H,8-9,15H2,1-3H3. The van der Waals surface area contributed by atoms with E-state index in [0.717, 1.165) is 12.8 Å². The molecule has 1 aromatic heterocycles. The monoisotopic (exact) mass is 231 g/mol. The fourth-order valence-electron chi connectivity index (χ4n) is 2.11. The van der Waals surface area contributed by atoms with Crippen molar-refractivity contribution >= 4 is 10.9 Å². The molecule has 1 aromatic carbocycles. The van der Waals surface area contributed by atoms with Gasteiger partial charge in [-0.3, -0.25) is 4.68 Å². The van der Waals surface area contributed by atoms with E-state index in [1.165, 1.54) is 16.6 Å². The highest BCUT2D eigenvalue weighted by Crippen LogP contribution is 2.19. The first-order valence-corrected chi connectivity index (χ1v) is 6.25. The lowest BCUT2D eigenvalue weighted by Crippen LogP contribution is -2.26. The first-order chi connectivity index (χ1) is 8.09. The molecule has 0 aliphatic rings. The Kier molecular flexibility index (Phi) is 3.48. The number of benzene rings is 1. The number of nitrogens with zero attached hydrogens (tertiary/aromatic N) is 2. The van der Waals surface area contributed by atoms with E-state index < -0.39 is 0 Å². The summed E-state index contributed by atoms with van der Waals surface area (Å²) < 4.78 is 1.95. The van der Waals surface area contributed by atoms with Gasteiger partial charge in [-0.25, -0.2) is 0 Å². The Balaban J connectivity index is 2.19. The normalized spacial score (nSPS) is 13.5. The van der Waals surface area contributed by atoms with Crippen molar-refractivity contribution in [1.82, 2.24) is 9.78 Å². The number of aryl methyl sites for hydroxylation is 2. The molecule has 17 heavy (non-hydrogen) atoms. The van der Waals surface area contributed by atoms with Crippen molar-refractivity contribution in [2.75, 3.05) is 0 Å². The van der Waals surface area contributed by atoms with E-state index >= 15 is 0 Å². The molecule has 0 aliphatic heterocycles. The number of hydrogen-bond donors (Lipinski definition) is 1. The van der Waals surface area contributed by atoms with Crippen LogP contribution in [0.25, 0.3) is 10.9 Å². The molecular formula is C14H21N3. The van der Waals surface area contributed by atoms with Gasteiger partial charge in [0.2, 0.25) is 0 Å². The summed E-state index contributed by atoms with van der Waals surface area (Å²) in [6.45, 7) is 4.34. The lowest BCUT2D eigenvalue weighted by atomic mass is 9.99. The molecule has 0 aliphatic carbocycles. The van der Waals surface area contributed by atoms with Gasteiger partial charge in [0.1, 0.15) is 0 Å². The molecule has 0 bridgehead atoms. The minimum atomic E-state index is 0.260. The largest absolute Gasteiger partial charge is 0.327 e. The molecule has 1 heterocycles. The van der Waals surface area contributed by atoms with Crippen LogP contribution in [0.4, 0.5) is 0 Å². The highest BCUT2D eigenvalue weighted by atomic mass is 15.3. The van der Waals surface area contributed by atoms with Crippen LogP contribution in [-0.2, 0) is 13.5 Å². The van der Waals surface area contributed by atoms with Gasteiger partial charge in [-0.05, 0) is 24.8 Å². The molecule has 1 unspecified atom stereocenters. The maximum absolute atomic E-state index is 6.08. The maximum atomic E-state index is 6.08. The van der Waals surface area contributed by atoms with Crippen LogP contribution in [0.3, 0.4) is 0 Å². The lowest BCUT2D eigenvalue weighted by Gasteiger charge is -2.14. The van der Waals surface area contributed by atoms with Gasteiger partial charge < -0.3 is 5.73 Å². The van der Waals surface area contributed by atoms with Crippen LogP contribution in [0.1, 0.15) is 26.0 Å². The van der Waals surface area contributed by atoms with Crippen LogP contribution in [0.5, 0.6) is 0 Å². The number of hydrogen-bond acceptors (Lipinski definition) is 2. The van der Waals surface area contributed by atoms with Crippen LogP contribution in [0.2, 0.25) is 0 Å². The predicted octanol–water partition coefficient (Wildman–Crippen LogP) is 2.49. The van der Waals surface area contributed by atoms with Crippen molar-refractivity contribution in [3.8, 4) is 0 Å². The fraction of sp³-hybridized carbons (Fsp3) is 0.500. The molecule has 3 heteroatoms. The van der Waals surface area contributed by atoms with Gasteiger partial charge in [0, 0.05) is 18.5 Å². The van der Waals surface area contributed by atoms with Crippen molar-refractivity contribution < 1.29 is 0 Å². The molecular weight excluding hydrogens is 210 g/mol. The van der Waals surface area contributed by atoms with Crippen LogP contribution < -0.4 is 5.73 Å². The maximum Gasteiger partial charge on any atom is 0.0703 e. The predicted molar refractivity (Wildman–Crippen MR) is 71.8 cm³/mol. The third-order valence-corrected chi connectivity index (χ3v) is 3.41. The number of fused-ring (bicyclic) bond motifs is 1. The van der Waals surface area contributed by atoms with Crippen LogP contribution in [-0.4, -0.2) is 15.8 Å². The summed E-state index contributed by atoms with van der Waals surface area (Å²) >= 11 is 0. The van der Waals surface area contributed by atoms with E-state index in [0.29, 0.717) is 5.92 Å². The smallest absolute Gasteiger partial charge is 0.0703 e. The molecule has 2 rings (SSSR count). The second kappa shape index (κ2) is 4.88. The zero-order chi connectivity index (χ0) is 12.4. The summed E-state index contributed by atoms with van der Waals surface area (Å²) in [5, 5.41) is 5.84. The summed E-state index contributed by atoms with van der Waals surface area (Å²) in [5.74, 6) is 0.532. The number of rotatable bonds is 4. The number of nitrogens with two attached hydrogens (primary N) is 1. The molecule has 0 radical (unpaired) electrons. The topological polar surface area (TPSA) is 43.8 Å². The molecule has 2 aromatic rings. The first kappa shape index (κ1) is 12.1. The van der Waals surface area contributed by atoms with E-state index in [1.54, 1.807) is 0 Å². The van der Waals surface area contributed by atoms with Crippen LogP contribution >= 0.6 is 0 Å². The summed E-state index contributed by atoms with van der Waals surface area (Å²) in [6, 6.07) is 8.62. The molecule has 0 saturated carbocycles. The average Bonchev–Trinajstić information content (AvgIpc) is 2.64. The third kappa shape index (κ3) is 2.50. The summed E-state index contributed by atoms with van der Waals surface area (Å²) in [5.41, 5.74) is 8.44. The van der Waals surface area contributed by atoms with Crippen molar-refractivity contribution in [3.63, 3.8) is 0 Å². The van der Waals surface area contributed by atoms with E-state index in [4.69, 9.17) is 5.73 Å². The minimum absolute atomic E-state index is 0.260. The van der Waals surface area contributed by atoms with Crippen LogP contribution in [0, 0.1) is 5.92 Å². The molecule has 3 nitrogen and oxygen atoms in total. The second-order valence-corrected chi connectivity index (χ2v) is 5.03. The average molecular weight is 231 g/mol. The van der Waals surface area contributed by atoms with Gasteiger partial charge in [0.25, 0.3) is 0 Å². The number of para-hydroxylation sites is 1. The third-order valence-electron chi connectivity index (χ3n) is 3.41. The Morgan fingerprint density at radius 1 is 1.29 bits per heavy atom. The van der Waals surface area contributed by atoms with Crippen molar-refractivity contribution in [2.45, 2.75) is 32.7 Å². The second-order valence-electron chi connectivity index (χ2n) is 5.03. The Morgan fingerprint density at radius 3 is 2.71 bits per heavy atom. The summed E-state index contributed by atoms with van der Waals surface area (Å²) in [7, 11) is 1.99. The van der Waals surface area contributed by atoms with Crippen molar-refractivity contribution in [3.05, 3.63) is 30.0 Å². The SMILES string of the molecule is CC(C)C(N)CCc1nn(C)c2ccccc12. The molecule has 2 N–H and O–H groups in total. The quantitative estimate of drug-likeness (QED) is 0.878. The fourth-order valence-corrected chi connectivity index (χ4v) is 2.11. The van der Waals surface area contributed by atoms with Gasteiger partial charge in [0.15, 0.2) is 0 Å². The highest BCUT2D eigenvalue weighted by Gasteiger charge is 2.11. The van der Waals surface area contributed by atoms with Crippen molar-refractivity contribution in [2.24, 2.45) is 18.7 Å². The van der Waals surface area contributed by atoms with Crippen LogP contribution in [0.15, 0.2) is 24.3 Å². The van der Waals surface area contributed by atoms with E-state index in [9.17, 15) is 0 Å². The Hall–Kier alpha value is -1.35. The molecule has 0 saturated heterocycles. The van der Waals surface area contributed by atoms with Gasteiger partial charge in [-0.2, -0.15) is 5.10 Å². The molecule has 0 spiro atoms. The molecule has 0 amide bonds. The first-order valence-electron chi connectivity index (χ1n) is 6.25. The molecule has 92 valence electrons. The van der Waals surface area contributed by atoms with E-state index in [-0.39, 0.29) is 6.04 Å². The highest BCUT2D eigenvalue weighted by molar-refractivity contribution is 5.81. The van der Waals surface area contributed by atoms with Gasteiger partial charge in [0.05, 0.1) is 11.2 Å². The van der Waals surface area contributed by atoms with Crippen molar-refractivity contribution in [1.29, 1.82) is 0 Å². The molecule has 1 atom stereocenters. The van der Waals surface area contributed by atoms with Gasteiger partial charge >= 0.3 is 0 Å². The Morgan fingerprint density at radius 2 is 2.00 bits per heavy atom. The Labute approximate surface area is 103 Å². The molecule has 0 fully saturated rings. The van der Waals surface area contributed by atoms with Gasteiger partial charge in [-0.1, -0.05) is 32.0 Å². The zero-order valence-corrected chi connectivity index (χ0v) is 10.9. The zero-order valence-electron chi connectivity index (χ0n) is 10.9. The lowest BCUT2D eigenvalue weighted by molar-refractivity contribution is 0.462. The minimum Gasteiger partial charge on any atom is -0.327 e. The Bertz CT molecular complexity index is 499. The van der Waals surface area contributed by atoms with Gasteiger partial charge in [-0.15, -0.1) is 0 Å². The van der Waals surface area contributed by atoms with E-state index in [2.05, 4.69) is 37.1 Å².